The fraction of sp³-hybridized carbons (Fsp3) is 0.250. The molecule has 0 N–H and O–H groups in total. The third-order valence-electron chi connectivity index (χ3n) is 3.10. The fourth-order valence-electron chi connectivity index (χ4n) is 2.19. The quantitative estimate of drug-likeness (QED) is 0.694. The number of benzene rings is 2. The van der Waals surface area contributed by atoms with Gasteiger partial charge in [0.05, 0.1) is 0 Å². The maximum atomic E-state index is 6.03. The van der Waals surface area contributed by atoms with Crippen molar-refractivity contribution < 1.29 is 0 Å². The Bertz CT molecular complexity index is 568. The molecule has 0 atom stereocenters. The summed E-state index contributed by atoms with van der Waals surface area (Å²) >= 11 is 9.59. The highest BCUT2D eigenvalue weighted by molar-refractivity contribution is 9.08. The first-order valence-corrected chi connectivity index (χ1v) is 7.71. The Balaban J connectivity index is 2.22. The van der Waals surface area contributed by atoms with Crippen LogP contribution in [0.4, 0.5) is 5.69 Å². The summed E-state index contributed by atoms with van der Waals surface area (Å²) in [7, 11) is 2.11. The van der Waals surface area contributed by atoms with Crippen LogP contribution in [0.25, 0.3) is 0 Å². The number of hydrogen-bond acceptors (Lipinski definition) is 1. The molecular formula is C16H17BrClN. The molecule has 0 unspecified atom stereocenters. The van der Waals surface area contributed by atoms with Crippen molar-refractivity contribution in [1.29, 1.82) is 0 Å². The van der Waals surface area contributed by atoms with E-state index in [1.54, 1.807) is 0 Å². The third-order valence-corrected chi connectivity index (χ3v) is 3.94. The van der Waals surface area contributed by atoms with Gasteiger partial charge in [-0.1, -0.05) is 57.4 Å². The zero-order chi connectivity index (χ0) is 13.8. The molecule has 0 aliphatic carbocycles. The van der Waals surface area contributed by atoms with E-state index in [0.717, 1.165) is 16.9 Å². The lowest BCUT2D eigenvalue weighted by atomic mass is 10.1. The Morgan fingerprint density at radius 2 is 1.95 bits per heavy atom. The van der Waals surface area contributed by atoms with Crippen molar-refractivity contribution in [3.63, 3.8) is 0 Å². The minimum atomic E-state index is 0.788. The van der Waals surface area contributed by atoms with E-state index in [1.807, 2.05) is 18.2 Å². The standard InChI is InChI=1S/C16H17BrClN/c1-12-6-7-16(14(8-12)10-17)19(2)11-13-4-3-5-15(18)9-13/h3-9H,10-11H2,1-2H3. The zero-order valence-electron chi connectivity index (χ0n) is 11.2. The molecule has 2 aromatic carbocycles. The lowest BCUT2D eigenvalue weighted by Gasteiger charge is -2.22. The van der Waals surface area contributed by atoms with E-state index in [0.29, 0.717) is 0 Å². The largest absolute Gasteiger partial charge is 0.370 e. The van der Waals surface area contributed by atoms with Crippen LogP contribution in [-0.2, 0) is 11.9 Å². The van der Waals surface area contributed by atoms with Gasteiger partial charge in [-0.05, 0) is 36.2 Å². The van der Waals surface area contributed by atoms with Crippen molar-refractivity contribution in [3.05, 3.63) is 64.2 Å². The van der Waals surface area contributed by atoms with Gasteiger partial charge in [-0.3, -0.25) is 0 Å². The Labute approximate surface area is 128 Å². The summed E-state index contributed by atoms with van der Waals surface area (Å²) in [4.78, 5) is 2.25. The first-order valence-electron chi connectivity index (χ1n) is 6.21. The van der Waals surface area contributed by atoms with Gasteiger partial charge in [0.15, 0.2) is 0 Å². The highest BCUT2D eigenvalue weighted by Crippen LogP contribution is 2.25. The van der Waals surface area contributed by atoms with Gasteiger partial charge in [0.1, 0.15) is 0 Å². The SMILES string of the molecule is Cc1ccc(N(C)Cc2cccc(Cl)c2)c(CBr)c1. The summed E-state index contributed by atoms with van der Waals surface area (Å²) < 4.78 is 0. The lowest BCUT2D eigenvalue weighted by molar-refractivity contribution is 0.916. The van der Waals surface area contributed by atoms with Crippen LogP contribution in [-0.4, -0.2) is 7.05 Å². The highest BCUT2D eigenvalue weighted by atomic mass is 79.9. The summed E-state index contributed by atoms with van der Waals surface area (Å²) in [5, 5.41) is 1.65. The Hall–Kier alpha value is -0.990. The van der Waals surface area contributed by atoms with E-state index in [1.165, 1.54) is 22.4 Å². The monoisotopic (exact) mass is 337 g/mol. The van der Waals surface area contributed by atoms with Crippen LogP contribution >= 0.6 is 27.5 Å². The molecule has 2 rings (SSSR count). The molecule has 1 nitrogen and oxygen atoms in total. The van der Waals surface area contributed by atoms with Crippen molar-refractivity contribution in [2.75, 3.05) is 11.9 Å². The number of hydrogen-bond donors (Lipinski definition) is 0. The molecule has 19 heavy (non-hydrogen) atoms. The topological polar surface area (TPSA) is 3.24 Å². The first kappa shape index (κ1) is 14.4. The minimum Gasteiger partial charge on any atom is -0.370 e. The van der Waals surface area contributed by atoms with Crippen molar-refractivity contribution in [1.82, 2.24) is 0 Å². The Kier molecular flexibility index (Phi) is 4.89. The van der Waals surface area contributed by atoms with E-state index in [-0.39, 0.29) is 0 Å². The maximum Gasteiger partial charge on any atom is 0.0426 e. The lowest BCUT2D eigenvalue weighted by Crippen LogP contribution is -2.17. The van der Waals surface area contributed by atoms with Gasteiger partial charge in [0.25, 0.3) is 0 Å². The van der Waals surface area contributed by atoms with Crippen LogP contribution in [0, 0.1) is 6.92 Å². The Morgan fingerprint density at radius 1 is 1.16 bits per heavy atom. The number of nitrogens with zero attached hydrogens (tertiary/aromatic N) is 1. The summed E-state index contributed by atoms with van der Waals surface area (Å²) in [6.45, 7) is 2.97. The predicted molar refractivity (Wildman–Crippen MR) is 87.4 cm³/mol. The second kappa shape index (κ2) is 6.44. The molecule has 0 aromatic heterocycles. The summed E-state index contributed by atoms with van der Waals surface area (Å²) in [5.74, 6) is 0. The smallest absolute Gasteiger partial charge is 0.0426 e. The number of rotatable bonds is 4. The average Bonchev–Trinajstić information content (AvgIpc) is 2.38. The van der Waals surface area contributed by atoms with Crippen molar-refractivity contribution >= 4 is 33.2 Å². The molecular weight excluding hydrogens is 322 g/mol. The molecule has 100 valence electrons. The van der Waals surface area contributed by atoms with Crippen LogP contribution in [0.2, 0.25) is 5.02 Å². The van der Waals surface area contributed by atoms with Crippen LogP contribution in [0.1, 0.15) is 16.7 Å². The molecule has 0 aliphatic rings. The molecule has 2 aromatic rings. The van der Waals surface area contributed by atoms with E-state index < -0.39 is 0 Å². The molecule has 0 heterocycles. The molecule has 0 radical (unpaired) electrons. The average molecular weight is 339 g/mol. The van der Waals surface area contributed by atoms with Gasteiger partial charge in [0, 0.05) is 29.6 Å². The van der Waals surface area contributed by atoms with Gasteiger partial charge in [-0.15, -0.1) is 0 Å². The van der Waals surface area contributed by atoms with Crippen molar-refractivity contribution in [3.8, 4) is 0 Å². The van der Waals surface area contributed by atoms with Gasteiger partial charge < -0.3 is 4.90 Å². The van der Waals surface area contributed by atoms with Crippen molar-refractivity contribution in [2.45, 2.75) is 18.8 Å². The fourth-order valence-corrected chi connectivity index (χ4v) is 2.85. The Morgan fingerprint density at radius 3 is 2.63 bits per heavy atom. The molecule has 0 saturated carbocycles. The minimum absolute atomic E-state index is 0.788. The highest BCUT2D eigenvalue weighted by Gasteiger charge is 2.07. The molecule has 0 amide bonds. The van der Waals surface area contributed by atoms with E-state index >= 15 is 0 Å². The molecule has 3 heteroatoms. The number of aryl methyl sites for hydroxylation is 1. The predicted octanol–water partition coefficient (Wildman–Crippen LogP) is 5.18. The van der Waals surface area contributed by atoms with E-state index in [9.17, 15) is 0 Å². The van der Waals surface area contributed by atoms with E-state index in [4.69, 9.17) is 11.6 Å². The second-order valence-corrected chi connectivity index (χ2v) is 5.75. The molecule has 0 fully saturated rings. The summed E-state index contributed by atoms with van der Waals surface area (Å²) in [5.41, 5.74) is 5.07. The van der Waals surface area contributed by atoms with Crippen LogP contribution in [0.15, 0.2) is 42.5 Å². The molecule has 0 spiro atoms. The molecule has 0 aliphatic heterocycles. The molecule has 0 bridgehead atoms. The second-order valence-electron chi connectivity index (χ2n) is 4.75. The van der Waals surface area contributed by atoms with Gasteiger partial charge in [0.2, 0.25) is 0 Å². The van der Waals surface area contributed by atoms with Gasteiger partial charge in [-0.25, -0.2) is 0 Å². The maximum absolute atomic E-state index is 6.03. The van der Waals surface area contributed by atoms with Crippen molar-refractivity contribution in [2.24, 2.45) is 0 Å². The normalized spacial score (nSPS) is 10.5. The number of halogens is 2. The van der Waals surface area contributed by atoms with Crippen LogP contribution in [0.3, 0.4) is 0 Å². The first-order chi connectivity index (χ1) is 9.10. The van der Waals surface area contributed by atoms with Gasteiger partial charge in [-0.2, -0.15) is 0 Å². The van der Waals surface area contributed by atoms with Gasteiger partial charge >= 0.3 is 0 Å². The summed E-state index contributed by atoms with van der Waals surface area (Å²) in [6.07, 6.45) is 0. The van der Waals surface area contributed by atoms with Crippen LogP contribution < -0.4 is 4.90 Å². The number of alkyl halides is 1. The number of anilines is 1. The molecule has 0 saturated heterocycles. The third kappa shape index (κ3) is 3.74. The van der Waals surface area contributed by atoms with E-state index in [2.05, 4.69) is 59.1 Å². The zero-order valence-corrected chi connectivity index (χ0v) is 13.5. The summed E-state index contributed by atoms with van der Waals surface area (Å²) in [6, 6.07) is 14.6. The van der Waals surface area contributed by atoms with Crippen LogP contribution in [0.5, 0.6) is 0 Å².